The predicted molar refractivity (Wildman–Crippen MR) is 87.5 cm³/mol. The number of hydrogen-bond acceptors (Lipinski definition) is 2. The van der Waals surface area contributed by atoms with E-state index >= 15 is 0 Å². The Morgan fingerprint density at radius 1 is 0.905 bits per heavy atom. The fourth-order valence-corrected chi connectivity index (χ4v) is 3.66. The van der Waals surface area contributed by atoms with Gasteiger partial charge in [0.05, 0.1) is 11.2 Å². The summed E-state index contributed by atoms with van der Waals surface area (Å²) >= 11 is 0. The average Bonchev–Trinajstić information content (AvgIpc) is 2.68. The molecular weight excluding hydrogens is 259 g/mol. The molecule has 2 aliphatic rings. The Bertz CT molecular complexity index is 467. The first-order valence-electron chi connectivity index (χ1n) is 8.31. The van der Waals surface area contributed by atoms with Crippen LogP contribution in [0, 0.1) is 0 Å². The largest absolute Gasteiger partial charge is 0.461 e. The van der Waals surface area contributed by atoms with Gasteiger partial charge in [-0.2, -0.15) is 0 Å². The standard InChI is InChI=1S/C18H27BO2/c1-17(2)18(3,4)21-19(20-17)16-13-9-8-12-15(16)14-10-6-5-7-11-14/h5-7,10-11,15-16H,8-9,12-13H2,1-4H3/t15-,16-/m0/s1. The van der Waals surface area contributed by atoms with Crippen LogP contribution in [0.2, 0.25) is 5.82 Å². The zero-order valence-corrected chi connectivity index (χ0v) is 13.8. The highest BCUT2D eigenvalue weighted by molar-refractivity contribution is 6.47. The van der Waals surface area contributed by atoms with Crippen LogP contribution < -0.4 is 0 Å². The molecule has 2 atom stereocenters. The summed E-state index contributed by atoms with van der Waals surface area (Å²) in [5.74, 6) is 1.04. The Labute approximate surface area is 129 Å². The molecule has 3 rings (SSSR count). The van der Waals surface area contributed by atoms with Gasteiger partial charge in [-0.05, 0) is 45.6 Å². The van der Waals surface area contributed by atoms with Gasteiger partial charge in [-0.15, -0.1) is 0 Å². The second kappa shape index (κ2) is 5.44. The molecule has 0 bridgehead atoms. The molecule has 0 unspecified atom stereocenters. The molecule has 1 aliphatic carbocycles. The maximum atomic E-state index is 6.33. The van der Waals surface area contributed by atoms with E-state index in [1.807, 2.05) is 0 Å². The molecule has 114 valence electrons. The van der Waals surface area contributed by atoms with E-state index in [1.165, 1.54) is 31.2 Å². The average molecular weight is 286 g/mol. The lowest BCUT2D eigenvalue weighted by atomic mass is 9.57. The van der Waals surface area contributed by atoms with Crippen molar-refractivity contribution in [1.82, 2.24) is 0 Å². The van der Waals surface area contributed by atoms with Gasteiger partial charge in [-0.25, -0.2) is 0 Å². The third-order valence-corrected chi connectivity index (χ3v) is 5.67. The molecule has 0 radical (unpaired) electrons. The first kappa shape index (κ1) is 15.1. The number of hydrogen-bond donors (Lipinski definition) is 0. The van der Waals surface area contributed by atoms with Gasteiger partial charge in [0.25, 0.3) is 0 Å². The van der Waals surface area contributed by atoms with Crippen LogP contribution >= 0.6 is 0 Å². The van der Waals surface area contributed by atoms with Gasteiger partial charge in [-0.3, -0.25) is 0 Å². The van der Waals surface area contributed by atoms with Gasteiger partial charge in [0, 0.05) is 5.82 Å². The normalized spacial score (nSPS) is 31.3. The smallest absolute Gasteiger partial charge is 0.403 e. The molecule has 2 fully saturated rings. The first-order valence-corrected chi connectivity index (χ1v) is 8.31. The minimum absolute atomic E-state index is 0.0690. The first-order chi connectivity index (χ1) is 9.91. The summed E-state index contributed by atoms with van der Waals surface area (Å²) in [4.78, 5) is 0. The van der Waals surface area contributed by atoms with E-state index in [-0.39, 0.29) is 18.3 Å². The second-order valence-corrected chi connectivity index (χ2v) is 7.59. The van der Waals surface area contributed by atoms with Gasteiger partial charge in [-0.1, -0.05) is 49.6 Å². The summed E-state index contributed by atoms with van der Waals surface area (Å²) in [7, 11) is -0.0690. The molecule has 1 saturated carbocycles. The molecule has 1 saturated heterocycles. The van der Waals surface area contributed by atoms with Gasteiger partial charge in [0.2, 0.25) is 0 Å². The molecule has 3 heteroatoms. The van der Waals surface area contributed by atoms with Crippen LogP contribution in [-0.4, -0.2) is 18.3 Å². The van der Waals surface area contributed by atoms with E-state index in [1.54, 1.807) is 0 Å². The van der Waals surface area contributed by atoms with Crippen molar-refractivity contribution in [2.24, 2.45) is 0 Å². The molecule has 0 amide bonds. The van der Waals surface area contributed by atoms with Crippen molar-refractivity contribution >= 4 is 7.12 Å². The number of benzene rings is 1. The highest BCUT2D eigenvalue weighted by Crippen LogP contribution is 2.49. The third kappa shape index (κ3) is 2.78. The third-order valence-electron chi connectivity index (χ3n) is 5.67. The fourth-order valence-electron chi connectivity index (χ4n) is 3.66. The van der Waals surface area contributed by atoms with Crippen molar-refractivity contribution in [3.8, 4) is 0 Å². The van der Waals surface area contributed by atoms with Crippen molar-refractivity contribution in [2.45, 2.75) is 76.3 Å². The maximum Gasteiger partial charge on any atom is 0.461 e. The van der Waals surface area contributed by atoms with Crippen LogP contribution in [0.1, 0.15) is 64.9 Å². The van der Waals surface area contributed by atoms with Crippen molar-refractivity contribution in [3.05, 3.63) is 35.9 Å². The van der Waals surface area contributed by atoms with Gasteiger partial charge in [0.15, 0.2) is 0 Å². The van der Waals surface area contributed by atoms with Crippen molar-refractivity contribution in [2.75, 3.05) is 0 Å². The second-order valence-electron chi connectivity index (χ2n) is 7.59. The molecule has 2 nitrogen and oxygen atoms in total. The van der Waals surface area contributed by atoms with Gasteiger partial charge < -0.3 is 9.31 Å². The van der Waals surface area contributed by atoms with E-state index in [4.69, 9.17) is 9.31 Å². The van der Waals surface area contributed by atoms with Crippen LogP contribution in [0.3, 0.4) is 0 Å². The summed E-state index contributed by atoms with van der Waals surface area (Å²) in [5, 5.41) is 0. The molecule has 0 N–H and O–H groups in total. The van der Waals surface area contributed by atoms with Crippen molar-refractivity contribution < 1.29 is 9.31 Å². The molecule has 1 heterocycles. The summed E-state index contributed by atoms with van der Waals surface area (Å²) in [5.41, 5.74) is 0.990. The molecule has 1 aromatic rings. The van der Waals surface area contributed by atoms with Crippen LogP contribution in [0.5, 0.6) is 0 Å². The van der Waals surface area contributed by atoms with E-state index in [0.717, 1.165) is 0 Å². The Morgan fingerprint density at radius 3 is 2.10 bits per heavy atom. The monoisotopic (exact) mass is 286 g/mol. The Balaban J connectivity index is 1.83. The zero-order chi connectivity index (χ0) is 15.1. The SMILES string of the molecule is CC1(C)OB([C@H]2CCCC[C@H]2c2ccccc2)OC1(C)C. The van der Waals surface area contributed by atoms with Crippen LogP contribution in [0.4, 0.5) is 0 Å². The predicted octanol–water partition coefficient (Wildman–Crippen LogP) is 4.81. The van der Waals surface area contributed by atoms with E-state index in [0.29, 0.717) is 11.7 Å². The van der Waals surface area contributed by atoms with E-state index in [2.05, 4.69) is 58.0 Å². The minimum atomic E-state index is -0.226. The Morgan fingerprint density at radius 2 is 1.48 bits per heavy atom. The Hall–Kier alpha value is -0.795. The summed E-state index contributed by atoms with van der Waals surface area (Å²) < 4.78 is 12.7. The van der Waals surface area contributed by atoms with Crippen LogP contribution in [0.15, 0.2) is 30.3 Å². The minimum Gasteiger partial charge on any atom is -0.403 e. The van der Waals surface area contributed by atoms with E-state index < -0.39 is 0 Å². The molecule has 1 aromatic carbocycles. The lowest BCUT2D eigenvalue weighted by Gasteiger charge is -2.33. The molecule has 1 aliphatic heterocycles. The Kier molecular flexibility index (Phi) is 3.92. The van der Waals surface area contributed by atoms with Crippen molar-refractivity contribution in [3.63, 3.8) is 0 Å². The van der Waals surface area contributed by atoms with Crippen LogP contribution in [0.25, 0.3) is 0 Å². The zero-order valence-electron chi connectivity index (χ0n) is 13.8. The molecule has 0 aromatic heterocycles. The molecular formula is C18H27BO2. The highest BCUT2D eigenvalue weighted by atomic mass is 16.7. The van der Waals surface area contributed by atoms with Gasteiger partial charge in [0.1, 0.15) is 0 Å². The molecule has 21 heavy (non-hydrogen) atoms. The molecule has 0 spiro atoms. The van der Waals surface area contributed by atoms with E-state index in [9.17, 15) is 0 Å². The summed E-state index contributed by atoms with van der Waals surface area (Å²) in [6.45, 7) is 8.58. The fraction of sp³-hybridized carbons (Fsp3) is 0.667. The summed E-state index contributed by atoms with van der Waals surface area (Å²) in [6, 6.07) is 10.9. The summed E-state index contributed by atoms with van der Waals surface area (Å²) in [6.07, 6.45) is 5.06. The number of rotatable bonds is 2. The maximum absolute atomic E-state index is 6.33. The highest BCUT2D eigenvalue weighted by Gasteiger charge is 2.55. The van der Waals surface area contributed by atoms with Crippen LogP contribution in [-0.2, 0) is 9.31 Å². The van der Waals surface area contributed by atoms with Gasteiger partial charge >= 0.3 is 7.12 Å². The lowest BCUT2D eigenvalue weighted by molar-refractivity contribution is 0.00578. The quantitative estimate of drug-likeness (QED) is 0.726. The van der Waals surface area contributed by atoms with Crippen molar-refractivity contribution in [1.29, 1.82) is 0 Å². The lowest BCUT2D eigenvalue weighted by Crippen LogP contribution is -2.41. The topological polar surface area (TPSA) is 18.5 Å².